The van der Waals surface area contributed by atoms with Gasteiger partial charge in [-0.1, -0.05) is 0 Å². The Labute approximate surface area is 102 Å². The van der Waals surface area contributed by atoms with Gasteiger partial charge in [-0.05, 0) is 18.5 Å². The minimum atomic E-state index is -5.11. The zero-order valence-electron chi connectivity index (χ0n) is 8.62. The molecule has 18 heavy (non-hydrogen) atoms. The van der Waals surface area contributed by atoms with Crippen molar-refractivity contribution in [3.8, 4) is 5.75 Å². The normalized spacial score (nSPS) is 11.2. The Balaban J connectivity index is 3.42. The molecule has 0 atom stereocenters. The number of hydrogen-bond acceptors (Lipinski definition) is 5. The molecule has 0 aliphatic carbocycles. The molecule has 0 N–H and O–H groups in total. The first-order valence-corrected chi connectivity index (χ1v) is 4.61. The third-order valence-electron chi connectivity index (χ3n) is 1.85. The average molecular weight is 285 g/mol. The number of carbonyl (C=O) groups is 1. The summed E-state index contributed by atoms with van der Waals surface area (Å²) in [7, 11) is 0. The highest BCUT2D eigenvalue weighted by Crippen LogP contribution is 2.35. The van der Waals surface area contributed by atoms with Crippen LogP contribution in [0.3, 0.4) is 0 Å². The predicted molar refractivity (Wildman–Crippen MR) is 52.5 cm³/mol. The molecule has 0 unspecified atom stereocenters. The topological polar surface area (TPSA) is 82.3 Å². The van der Waals surface area contributed by atoms with Gasteiger partial charge in [0.1, 0.15) is 5.69 Å². The molecule has 0 spiro atoms. The van der Waals surface area contributed by atoms with Crippen molar-refractivity contribution in [2.24, 2.45) is 0 Å². The van der Waals surface area contributed by atoms with Crippen molar-refractivity contribution in [1.29, 1.82) is 0 Å². The van der Waals surface area contributed by atoms with Crippen LogP contribution in [0, 0.1) is 17.0 Å². The van der Waals surface area contributed by atoms with E-state index in [1.807, 2.05) is 0 Å². The maximum absolute atomic E-state index is 12.0. The molecule has 1 aromatic rings. The fraction of sp³-hybridized carbons (Fsp3) is 0.250. The monoisotopic (exact) mass is 284 g/mol. The van der Waals surface area contributed by atoms with E-state index in [0.717, 1.165) is 6.92 Å². The van der Waals surface area contributed by atoms with E-state index < -0.39 is 39.2 Å². The van der Waals surface area contributed by atoms with Crippen LogP contribution in [0.5, 0.6) is 5.75 Å². The number of ether oxygens (including phenoxy) is 1. The lowest BCUT2D eigenvalue weighted by molar-refractivity contribution is -0.389. The Morgan fingerprint density at radius 2 is 2.11 bits per heavy atom. The molecule has 0 saturated heterocycles. The van der Waals surface area contributed by atoms with Gasteiger partial charge in [-0.15, -0.1) is 13.2 Å². The summed E-state index contributed by atoms with van der Waals surface area (Å²) in [5.41, 5.74) is -1.91. The van der Waals surface area contributed by atoms with E-state index in [2.05, 4.69) is 9.72 Å². The van der Waals surface area contributed by atoms with Crippen LogP contribution in [0.15, 0.2) is 6.20 Å². The Morgan fingerprint density at radius 3 is 2.50 bits per heavy atom. The van der Waals surface area contributed by atoms with E-state index in [4.69, 9.17) is 11.6 Å². The van der Waals surface area contributed by atoms with Gasteiger partial charge < -0.3 is 4.74 Å². The van der Waals surface area contributed by atoms with Crippen LogP contribution in [-0.4, -0.2) is 21.5 Å². The molecule has 98 valence electrons. The molecule has 0 aromatic carbocycles. The number of halogens is 4. The highest BCUT2D eigenvalue weighted by Gasteiger charge is 2.36. The standard InChI is InChI=1S/C8H4ClF3N2O4/c1-3-5(7(9)15)13-2-4(6(3)14(16)17)18-8(10,11)12/h2H,1H3. The summed E-state index contributed by atoms with van der Waals surface area (Å²) in [5, 5.41) is 9.56. The van der Waals surface area contributed by atoms with Crippen molar-refractivity contribution >= 4 is 22.5 Å². The molecule has 0 aliphatic rings. The lowest BCUT2D eigenvalue weighted by Gasteiger charge is -2.10. The quantitative estimate of drug-likeness (QED) is 0.484. The molecule has 0 radical (unpaired) electrons. The van der Waals surface area contributed by atoms with E-state index in [9.17, 15) is 28.1 Å². The van der Waals surface area contributed by atoms with Crippen LogP contribution in [-0.2, 0) is 0 Å². The second-order valence-electron chi connectivity index (χ2n) is 3.02. The Kier molecular flexibility index (Phi) is 3.75. The zero-order valence-corrected chi connectivity index (χ0v) is 9.37. The SMILES string of the molecule is Cc1c(C(=O)Cl)ncc(OC(F)(F)F)c1[N+](=O)[O-]. The van der Waals surface area contributed by atoms with Crippen LogP contribution in [0.1, 0.15) is 16.1 Å². The summed E-state index contributed by atoms with van der Waals surface area (Å²) < 4.78 is 39.5. The third kappa shape index (κ3) is 3.06. The smallest absolute Gasteiger partial charge is 0.397 e. The highest BCUT2D eigenvalue weighted by molar-refractivity contribution is 6.67. The largest absolute Gasteiger partial charge is 0.573 e. The molecule has 10 heteroatoms. The van der Waals surface area contributed by atoms with Crippen LogP contribution in [0.4, 0.5) is 18.9 Å². The summed E-state index contributed by atoms with van der Waals surface area (Å²) in [4.78, 5) is 23.7. The van der Waals surface area contributed by atoms with E-state index in [-0.39, 0.29) is 0 Å². The number of hydrogen-bond donors (Lipinski definition) is 0. The molecule has 1 rings (SSSR count). The molecule has 0 bridgehead atoms. The molecule has 0 fully saturated rings. The summed E-state index contributed by atoms with van der Waals surface area (Å²) in [5.74, 6) is -1.10. The molecule has 6 nitrogen and oxygen atoms in total. The zero-order chi connectivity index (χ0) is 14.1. The number of carbonyl (C=O) groups excluding carboxylic acids is 1. The lowest BCUT2D eigenvalue weighted by atomic mass is 10.2. The first-order chi connectivity index (χ1) is 8.13. The van der Waals surface area contributed by atoms with Crippen molar-refractivity contribution in [3.05, 3.63) is 27.6 Å². The molecule has 0 amide bonds. The van der Waals surface area contributed by atoms with Crippen molar-refractivity contribution in [2.45, 2.75) is 13.3 Å². The molecule has 1 aromatic heterocycles. The van der Waals surface area contributed by atoms with E-state index >= 15 is 0 Å². The van der Waals surface area contributed by atoms with E-state index in [1.165, 1.54) is 0 Å². The maximum Gasteiger partial charge on any atom is 0.573 e. The van der Waals surface area contributed by atoms with E-state index in [1.54, 1.807) is 0 Å². The Hall–Kier alpha value is -1.90. The minimum absolute atomic E-state index is 0.401. The number of alkyl halides is 3. The molecular formula is C8H4ClF3N2O4. The predicted octanol–water partition coefficient (Wildman–Crippen LogP) is 2.58. The molecular weight excluding hydrogens is 281 g/mol. The molecule has 1 heterocycles. The first kappa shape index (κ1) is 14.2. The summed E-state index contributed by atoms with van der Waals surface area (Å²) >= 11 is 5.08. The van der Waals surface area contributed by atoms with Gasteiger partial charge in [0.2, 0.25) is 5.75 Å². The summed E-state index contributed by atoms with van der Waals surface area (Å²) in [6, 6.07) is 0. The summed E-state index contributed by atoms with van der Waals surface area (Å²) in [6.07, 6.45) is -4.68. The molecule has 0 saturated carbocycles. The fourth-order valence-corrected chi connectivity index (χ4v) is 1.39. The fourth-order valence-electron chi connectivity index (χ4n) is 1.20. The second kappa shape index (κ2) is 4.77. The van der Waals surface area contributed by atoms with Gasteiger partial charge in [-0.25, -0.2) is 4.98 Å². The number of nitro groups is 1. The molecule has 0 aliphatic heterocycles. The Morgan fingerprint density at radius 1 is 1.56 bits per heavy atom. The minimum Gasteiger partial charge on any atom is -0.397 e. The van der Waals surface area contributed by atoms with Crippen molar-refractivity contribution in [1.82, 2.24) is 4.98 Å². The van der Waals surface area contributed by atoms with Crippen LogP contribution in [0.2, 0.25) is 0 Å². The third-order valence-corrected chi connectivity index (χ3v) is 2.03. The van der Waals surface area contributed by atoms with E-state index in [0.29, 0.717) is 6.20 Å². The second-order valence-corrected chi connectivity index (χ2v) is 3.37. The van der Waals surface area contributed by atoms with Crippen LogP contribution in [0.25, 0.3) is 0 Å². The van der Waals surface area contributed by atoms with Gasteiger partial charge in [0, 0.05) is 0 Å². The van der Waals surface area contributed by atoms with Crippen LogP contribution >= 0.6 is 11.6 Å². The van der Waals surface area contributed by atoms with Gasteiger partial charge in [0.15, 0.2) is 0 Å². The van der Waals surface area contributed by atoms with Crippen molar-refractivity contribution in [2.75, 3.05) is 0 Å². The first-order valence-electron chi connectivity index (χ1n) is 4.23. The number of rotatable bonds is 3. The Bertz CT molecular complexity index is 518. The van der Waals surface area contributed by atoms with Crippen molar-refractivity contribution in [3.63, 3.8) is 0 Å². The van der Waals surface area contributed by atoms with Crippen molar-refractivity contribution < 1.29 is 27.6 Å². The van der Waals surface area contributed by atoms with Gasteiger partial charge >= 0.3 is 12.0 Å². The maximum atomic E-state index is 12.0. The van der Waals surface area contributed by atoms with Gasteiger partial charge in [-0.2, -0.15) is 0 Å². The number of aromatic nitrogens is 1. The number of pyridine rings is 1. The lowest BCUT2D eigenvalue weighted by Crippen LogP contribution is -2.19. The summed E-state index contributed by atoms with van der Waals surface area (Å²) in [6.45, 7) is 1.05. The van der Waals surface area contributed by atoms with Gasteiger partial charge in [0.05, 0.1) is 16.7 Å². The van der Waals surface area contributed by atoms with Crippen LogP contribution < -0.4 is 4.74 Å². The van der Waals surface area contributed by atoms with Gasteiger partial charge in [0.25, 0.3) is 5.24 Å². The number of nitrogens with zero attached hydrogens (tertiary/aromatic N) is 2. The highest BCUT2D eigenvalue weighted by atomic mass is 35.5. The van der Waals surface area contributed by atoms with Gasteiger partial charge in [-0.3, -0.25) is 14.9 Å². The average Bonchev–Trinajstić information content (AvgIpc) is 2.13.